The number of rotatable bonds is 3. The molecule has 2 nitrogen and oxygen atoms in total. The highest BCUT2D eigenvalue weighted by Gasteiger charge is 2.04. The smallest absolute Gasteiger partial charge is 0.115 e. The van der Waals surface area contributed by atoms with Crippen LogP contribution in [0.15, 0.2) is 24.3 Å². The summed E-state index contributed by atoms with van der Waals surface area (Å²) in [4.78, 5) is 0. The van der Waals surface area contributed by atoms with E-state index in [0.29, 0.717) is 6.42 Å². The molecule has 1 aromatic carbocycles. The third-order valence-corrected chi connectivity index (χ3v) is 1.74. The van der Waals surface area contributed by atoms with Gasteiger partial charge in [-0.25, -0.2) is 0 Å². The molecule has 0 amide bonds. The number of alkyl halides is 1. The van der Waals surface area contributed by atoms with Crippen molar-refractivity contribution in [3.8, 4) is 5.75 Å². The predicted molar refractivity (Wildman–Crippen MR) is 45.6 cm³/mol. The number of aromatic hydroxyl groups is 1. The summed E-state index contributed by atoms with van der Waals surface area (Å²) in [6, 6.07) is 6.24. The Balaban J connectivity index is 2.68. The van der Waals surface area contributed by atoms with Crippen molar-refractivity contribution < 1.29 is 9.50 Å². The largest absolute Gasteiger partial charge is 0.508 e. The highest BCUT2D eigenvalue weighted by molar-refractivity contribution is 5.27. The molecule has 0 spiro atoms. The molecule has 0 aliphatic carbocycles. The first-order chi connectivity index (χ1) is 5.74. The van der Waals surface area contributed by atoms with E-state index in [-0.39, 0.29) is 11.8 Å². The second-order valence-corrected chi connectivity index (χ2v) is 2.68. The zero-order chi connectivity index (χ0) is 8.97. The molecule has 1 rings (SSSR count). The van der Waals surface area contributed by atoms with E-state index in [9.17, 15) is 4.39 Å². The number of hydrogen-bond acceptors (Lipinski definition) is 2. The van der Waals surface area contributed by atoms with Gasteiger partial charge in [0.25, 0.3) is 0 Å². The minimum atomic E-state index is -0.415. The van der Waals surface area contributed by atoms with E-state index in [0.717, 1.165) is 5.56 Å². The molecule has 3 N–H and O–H groups in total. The molecule has 3 heteroatoms. The average molecular weight is 169 g/mol. The molecule has 0 aliphatic rings. The molecule has 1 atom stereocenters. The summed E-state index contributed by atoms with van der Waals surface area (Å²) in [5, 5.41) is 8.95. The lowest BCUT2D eigenvalue weighted by molar-refractivity contribution is 0.441. The van der Waals surface area contributed by atoms with Gasteiger partial charge >= 0.3 is 0 Å². The fourth-order valence-electron chi connectivity index (χ4n) is 1.01. The summed E-state index contributed by atoms with van der Waals surface area (Å²) < 4.78 is 11.9. The van der Waals surface area contributed by atoms with Crippen LogP contribution in [0.1, 0.15) is 18.0 Å². The minimum Gasteiger partial charge on any atom is -0.508 e. The van der Waals surface area contributed by atoms with Crippen molar-refractivity contribution in [2.24, 2.45) is 5.73 Å². The zero-order valence-electron chi connectivity index (χ0n) is 6.70. The third-order valence-electron chi connectivity index (χ3n) is 1.74. The molecule has 0 bridgehead atoms. The van der Waals surface area contributed by atoms with Gasteiger partial charge in [-0.2, -0.15) is 0 Å². The molecule has 0 aliphatic heterocycles. The van der Waals surface area contributed by atoms with Crippen molar-refractivity contribution in [2.45, 2.75) is 12.5 Å². The maximum atomic E-state index is 11.9. The Morgan fingerprint density at radius 1 is 1.33 bits per heavy atom. The topological polar surface area (TPSA) is 46.2 Å². The quantitative estimate of drug-likeness (QED) is 0.724. The average Bonchev–Trinajstić information content (AvgIpc) is 2.06. The highest BCUT2D eigenvalue weighted by Crippen LogP contribution is 2.17. The van der Waals surface area contributed by atoms with Crippen LogP contribution < -0.4 is 5.73 Å². The summed E-state index contributed by atoms with van der Waals surface area (Å²) >= 11 is 0. The summed E-state index contributed by atoms with van der Waals surface area (Å²) in [5.74, 6) is 0.200. The molecule has 0 fully saturated rings. The maximum Gasteiger partial charge on any atom is 0.115 e. The molecule has 0 unspecified atom stereocenters. The van der Waals surface area contributed by atoms with Crippen molar-refractivity contribution in [3.05, 3.63) is 29.8 Å². The van der Waals surface area contributed by atoms with Crippen LogP contribution in [0, 0.1) is 0 Å². The van der Waals surface area contributed by atoms with Gasteiger partial charge in [-0.1, -0.05) is 12.1 Å². The van der Waals surface area contributed by atoms with Crippen LogP contribution in [0.2, 0.25) is 0 Å². The molecule has 12 heavy (non-hydrogen) atoms. The summed E-state index contributed by atoms with van der Waals surface area (Å²) in [7, 11) is 0. The van der Waals surface area contributed by atoms with Gasteiger partial charge in [0.15, 0.2) is 0 Å². The van der Waals surface area contributed by atoms with Crippen molar-refractivity contribution in [1.82, 2.24) is 0 Å². The van der Waals surface area contributed by atoms with Crippen LogP contribution in [-0.4, -0.2) is 11.8 Å². The van der Waals surface area contributed by atoms with Crippen molar-refractivity contribution in [3.63, 3.8) is 0 Å². The van der Waals surface area contributed by atoms with Crippen LogP contribution in [0.5, 0.6) is 5.75 Å². The predicted octanol–water partition coefficient (Wildman–Crippen LogP) is 1.75. The van der Waals surface area contributed by atoms with Gasteiger partial charge in [-0.3, -0.25) is 4.39 Å². The van der Waals surface area contributed by atoms with Gasteiger partial charge in [0, 0.05) is 6.04 Å². The van der Waals surface area contributed by atoms with E-state index in [2.05, 4.69) is 0 Å². The number of halogens is 1. The Bertz CT molecular complexity index is 235. The van der Waals surface area contributed by atoms with Gasteiger partial charge in [-0.15, -0.1) is 0 Å². The van der Waals surface area contributed by atoms with Crippen LogP contribution in [-0.2, 0) is 0 Å². The van der Waals surface area contributed by atoms with E-state index >= 15 is 0 Å². The van der Waals surface area contributed by atoms with Crippen LogP contribution in [0.25, 0.3) is 0 Å². The van der Waals surface area contributed by atoms with E-state index in [1.165, 1.54) is 0 Å². The Morgan fingerprint density at radius 2 is 1.92 bits per heavy atom. The van der Waals surface area contributed by atoms with Gasteiger partial charge < -0.3 is 10.8 Å². The van der Waals surface area contributed by atoms with Crippen LogP contribution in [0.4, 0.5) is 4.39 Å². The first-order valence-electron chi connectivity index (χ1n) is 3.84. The summed E-state index contributed by atoms with van der Waals surface area (Å²) in [6.45, 7) is -0.415. The Morgan fingerprint density at radius 3 is 2.42 bits per heavy atom. The van der Waals surface area contributed by atoms with Crippen LogP contribution >= 0.6 is 0 Å². The lowest BCUT2D eigenvalue weighted by Crippen LogP contribution is -2.10. The molecule has 0 saturated carbocycles. The number of hydrogen-bond donors (Lipinski definition) is 2. The Hall–Kier alpha value is -1.09. The number of benzene rings is 1. The SMILES string of the molecule is N[C@H](CCF)c1ccc(O)cc1. The summed E-state index contributed by atoms with van der Waals surface area (Å²) in [5.41, 5.74) is 6.49. The number of phenolic OH excluding ortho intramolecular Hbond substituents is 1. The molecule has 66 valence electrons. The van der Waals surface area contributed by atoms with Gasteiger partial charge in [0.05, 0.1) is 6.67 Å². The molecular formula is C9H12FNO. The Kier molecular flexibility index (Phi) is 3.05. The molecular weight excluding hydrogens is 157 g/mol. The van der Waals surface area contributed by atoms with Crippen molar-refractivity contribution in [1.29, 1.82) is 0 Å². The highest BCUT2D eigenvalue weighted by atomic mass is 19.1. The first kappa shape index (κ1) is 9.00. The minimum absolute atomic E-state index is 0.200. The zero-order valence-corrected chi connectivity index (χ0v) is 6.70. The molecule has 1 aromatic rings. The first-order valence-corrected chi connectivity index (χ1v) is 3.84. The fourth-order valence-corrected chi connectivity index (χ4v) is 1.01. The Labute approximate surface area is 70.8 Å². The molecule has 0 heterocycles. The fraction of sp³-hybridized carbons (Fsp3) is 0.333. The van der Waals surface area contributed by atoms with E-state index in [4.69, 9.17) is 10.8 Å². The summed E-state index contributed by atoms with van der Waals surface area (Å²) in [6.07, 6.45) is 0.324. The normalized spacial score (nSPS) is 12.8. The van der Waals surface area contributed by atoms with Crippen LogP contribution in [0.3, 0.4) is 0 Å². The number of nitrogens with two attached hydrogens (primary N) is 1. The second-order valence-electron chi connectivity index (χ2n) is 2.68. The third kappa shape index (κ3) is 2.20. The molecule has 0 radical (unpaired) electrons. The second kappa shape index (κ2) is 4.07. The van der Waals surface area contributed by atoms with Gasteiger partial charge in [0.1, 0.15) is 5.75 Å². The molecule has 0 saturated heterocycles. The van der Waals surface area contributed by atoms with Crippen molar-refractivity contribution in [2.75, 3.05) is 6.67 Å². The standard InChI is InChI=1S/C9H12FNO/c10-6-5-9(11)7-1-3-8(12)4-2-7/h1-4,9,12H,5-6,11H2/t9-/m1/s1. The van der Waals surface area contributed by atoms with E-state index < -0.39 is 6.67 Å². The van der Waals surface area contributed by atoms with E-state index in [1.807, 2.05) is 0 Å². The van der Waals surface area contributed by atoms with E-state index in [1.54, 1.807) is 24.3 Å². The monoisotopic (exact) mass is 169 g/mol. The number of phenols is 1. The van der Waals surface area contributed by atoms with Gasteiger partial charge in [0.2, 0.25) is 0 Å². The lowest BCUT2D eigenvalue weighted by Gasteiger charge is -2.08. The lowest BCUT2D eigenvalue weighted by atomic mass is 10.1. The van der Waals surface area contributed by atoms with Gasteiger partial charge in [-0.05, 0) is 24.1 Å². The maximum absolute atomic E-state index is 11.9. The van der Waals surface area contributed by atoms with Crippen molar-refractivity contribution >= 4 is 0 Å². The molecule has 0 aromatic heterocycles.